The van der Waals surface area contributed by atoms with Gasteiger partial charge in [-0.05, 0) is 74.0 Å². The van der Waals surface area contributed by atoms with Crippen LogP contribution in [0, 0.1) is 3.57 Å². The van der Waals surface area contributed by atoms with E-state index in [1.54, 1.807) is 0 Å². The molecule has 0 heterocycles. The molecule has 3 nitrogen and oxygen atoms in total. The lowest BCUT2D eigenvalue weighted by Gasteiger charge is -2.17. The van der Waals surface area contributed by atoms with Crippen molar-refractivity contribution in [3.8, 4) is 11.5 Å². The monoisotopic (exact) mass is 427 g/mol. The highest BCUT2D eigenvalue weighted by atomic mass is 127. The molecule has 0 amide bonds. The van der Waals surface area contributed by atoms with E-state index in [1.807, 2.05) is 20.8 Å². The molecule has 0 saturated carbocycles. The van der Waals surface area contributed by atoms with Crippen molar-refractivity contribution in [3.05, 3.63) is 21.3 Å². The molecule has 0 aliphatic heterocycles. The van der Waals surface area contributed by atoms with Gasteiger partial charge in [-0.1, -0.05) is 13.3 Å². The molecule has 21 heavy (non-hydrogen) atoms. The van der Waals surface area contributed by atoms with Crippen molar-refractivity contribution in [2.45, 2.75) is 53.2 Å². The summed E-state index contributed by atoms with van der Waals surface area (Å²) in [7, 11) is 0. The second kappa shape index (κ2) is 11.4. The zero-order chi connectivity index (χ0) is 15.0. The summed E-state index contributed by atoms with van der Waals surface area (Å²) in [6.07, 6.45) is 2.58. The summed E-state index contributed by atoms with van der Waals surface area (Å²) >= 11 is 2.32. The van der Waals surface area contributed by atoms with E-state index >= 15 is 0 Å². The molecule has 1 rings (SSSR count). The van der Waals surface area contributed by atoms with Crippen molar-refractivity contribution in [1.29, 1.82) is 0 Å². The van der Waals surface area contributed by atoms with E-state index in [1.165, 1.54) is 18.4 Å². The standard InChI is InChI=1S/C16H26INO2.ClH/c1-5-7-8-18-11-13-9-14(17)16(20-12(3)4)15(10-13)19-6-2;/h9-10,12,18H,5-8,11H2,1-4H3;1H. The van der Waals surface area contributed by atoms with E-state index in [4.69, 9.17) is 9.47 Å². The summed E-state index contributed by atoms with van der Waals surface area (Å²) in [6.45, 7) is 10.8. The quantitative estimate of drug-likeness (QED) is 0.454. The molecule has 0 aromatic heterocycles. The molecule has 122 valence electrons. The predicted octanol–water partition coefficient (Wildman–Crippen LogP) is 4.79. The highest BCUT2D eigenvalue weighted by molar-refractivity contribution is 14.1. The molecule has 0 atom stereocenters. The summed E-state index contributed by atoms with van der Waals surface area (Å²) in [5.74, 6) is 1.71. The van der Waals surface area contributed by atoms with Gasteiger partial charge in [0.25, 0.3) is 0 Å². The van der Waals surface area contributed by atoms with E-state index in [-0.39, 0.29) is 18.5 Å². The Morgan fingerprint density at radius 2 is 1.95 bits per heavy atom. The number of hydrogen-bond donors (Lipinski definition) is 1. The van der Waals surface area contributed by atoms with Gasteiger partial charge in [0.15, 0.2) is 11.5 Å². The summed E-state index contributed by atoms with van der Waals surface area (Å²) in [4.78, 5) is 0. The summed E-state index contributed by atoms with van der Waals surface area (Å²) in [5.41, 5.74) is 1.24. The van der Waals surface area contributed by atoms with Gasteiger partial charge < -0.3 is 14.8 Å². The van der Waals surface area contributed by atoms with Gasteiger partial charge in [0.2, 0.25) is 0 Å². The van der Waals surface area contributed by atoms with Crippen LogP contribution in [0.2, 0.25) is 0 Å². The van der Waals surface area contributed by atoms with Crippen LogP contribution in [0.5, 0.6) is 11.5 Å². The van der Waals surface area contributed by atoms with Crippen LogP contribution < -0.4 is 14.8 Å². The zero-order valence-corrected chi connectivity index (χ0v) is 16.3. The van der Waals surface area contributed by atoms with Gasteiger partial charge in [0.05, 0.1) is 16.3 Å². The minimum absolute atomic E-state index is 0. The lowest BCUT2D eigenvalue weighted by molar-refractivity contribution is 0.222. The number of hydrogen-bond acceptors (Lipinski definition) is 3. The molecule has 5 heteroatoms. The minimum Gasteiger partial charge on any atom is -0.490 e. The Hall–Kier alpha value is -0.200. The first-order valence-electron chi connectivity index (χ1n) is 7.41. The van der Waals surface area contributed by atoms with E-state index in [2.05, 4.69) is 47.0 Å². The van der Waals surface area contributed by atoms with Crippen molar-refractivity contribution < 1.29 is 9.47 Å². The van der Waals surface area contributed by atoms with Crippen LogP contribution in [0.3, 0.4) is 0 Å². The van der Waals surface area contributed by atoms with Crippen molar-refractivity contribution in [2.24, 2.45) is 0 Å². The van der Waals surface area contributed by atoms with Crippen LogP contribution in [-0.4, -0.2) is 19.3 Å². The van der Waals surface area contributed by atoms with Crippen LogP contribution >= 0.6 is 35.0 Å². The first-order chi connectivity index (χ1) is 9.58. The van der Waals surface area contributed by atoms with E-state index < -0.39 is 0 Å². The highest BCUT2D eigenvalue weighted by Crippen LogP contribution is 2.35. The van der Waals surface area contributed by atoms with Gasteiger partial charge in [-0.3, -0.25) is 0 Å². The van der Waals surface area contributed by atoms with Gasteiger partial charge in [-0.2, -0.15) is 0 Å². The van der Waals surface area contributed by atoms with Gasteiger partial charge in [0, 0.05) is 6.54 Å². The number of unbranched alkanes of at least 4 members (excludes halogenated alkanes) is 1. The smallest absolute Gasteiger partial charge is 0.174 e. The summed E-state index contributed by atoms with van der Waals surface area (Å²) in [6, 6.07) is 4.25. The number of benzene rings is 1. The third-order valence-electron chi connectivity index (χ3n) is 2.76. The lowest BCUT2D eigenvalue weighted by atomic mass is 10.2. The SMILES string of the molecule is CCCCNCc1cc(I)c(OC(C)C)c(OCC)c1.Cl. The fourth-order valence-electron chi connectivity index (χ4n) is 1.87. The minimum atomic E-state index is 0. The zero-order valence-electron chi connectivity index (χ0n) is 13.4. The van der Waals surface area contributed by atoms with Gasteiger partial charge in [0.1, 0.15) is 0 Å². The van der Waals surface area contributed by atoms with Crippen LogP contribution in [-0.2, 0) is 6.54 Å². The fourth-order valence-corrected chi connectivity index (χ4v) is 2.66. The average Bonchev–Trinajstić information content (AvgIpc) is 2.39. The van der Waals surface area contributed by atoms with E-state index in [9.17, 15) is 0 Å². The second-order valence-corrected chi connectivity index (χ2v) is 6.20. The summed E-state index contributed by atoms with van der Waals surface area (Å²) < 4.78 is 12.7. The largest absolute Gasteiger partial charge is 0.490 e. The Bertz CT molecular complexity index is 414. The molecule has 1 aromatic rings. The number of nitrogens with one attached hydrogen (secondary N) is 1. The van der Waals surface area contributed by atoms with Gasteiger partial charge in [-0.25, -0.2) is 0 Å². The third-order valence-corrected chi connectivity index (χ3v) is 3.56. The molecule has 0 spiro atoms. The first-order valence-corrected chi connectivity index (χ1v) is 8.48. The number of halogens is 2. The highest BCUT2D eigenvalue weighted by Gasteiger charge is 2.13. The molecular formula is C16H27ClINO2. The lowest BCUT2D eigenvalue weighted by Crippen LogP contribution is -2.15. The molecular weight excluding hydrogens is 401 g/mol. The van der Waals surface area contributed by atoms with Crippen LogP contribution in [0.15, 0.2) is 12.1 Å². The molecule has 0 saturated heterocycles. The normalized spacial score (nSPS) is 10.4. The van der Waals surface area contributed by atoms with Gasteiger partial charge >= 0.3 is 0 Å². The maximum Gasteiger partial charge on any atom is 0.174 e. The van der Waals surface area contributed by atoms with Crippen LogP contribution in [0.4, 0.5) is 0 Å². The third kappa shape index (κ3) is 7.56. The van der Waals surface area contributed by atoms with Crippen LogP contribution in [0.1, 0.15) is 46.1 Å². The second-order valence-electron chi connectivity index (χ2n) is 5.03. The van der Waals surface area contributed by atoms with Crippen molar-refractivity contribution in [3.63, 3.8) is 0 Å². The molecule has 0 aliphatic carbocycles. The Labute approximate surface area is 148 Å². The predicted molar refractivity (Wildman–Crippen MR) is 100.0 cm³/mol. The maximum atomic E-state index is 5.87. The van der Waals surface area contributed by atoms with Crippen molar-refractivity contribution in [2.75, 3.05) is 13.2 Å². The summed E-state index contributed by atoms with van der Waals surface area (Å²) in [5, 5.41) is 3.46. The number of ether oxygens (including phenoxy) is 2. The molecule has 0 bridgehead atoms. The Morgan fingerprint density at radius 3 is 2.52 bits per heavy atom. The maximum absolute atomic E-state index is 5.87. The molecule has 0 unspecified atom stereocenters. The Kier molecular flexibility index (Phi) is 11.3. The molecule has 0 fully saturated rings. The topological polar surface area (TPSA) is 30.5 Å². The van der Waals surface area contributed by atoms with E-state index in [0.717, 1.165) is 28.2 Å². The van der Waals surface area contributed by atoms with Gasteiger partial charge in [-0.15, -0.1) is 12.4 Å². The first kappa shape index (κ1) is 20.8. The number of rotatable bonds is 9. The molecule has 1 N–H and O–H groups in total. The Morgan fingerprint density at radius 1 is 1.24 bits per heavy atom. The molecule has 0 aliphatic rings. The van der Waals surface area contributed by atoms with E-state index in [0.29, 0.717) is 6.61 Å². The average molecular weight is 428 g/mol. The molecule has 0 radical (unpaired) electrons. The van der Waals surface area contributed by atoms with Crippen molar-refractivity contribution >= 4 is 35.0 Å². The van der Waals surface area contributed by atoms with Crippen molar-refractivity contribution in [1.82, 2.24) is 5.32 Å². The van der Waals surface area contributed by atoms with Crippen LogP contribution in [0.25, 0.3) is 0 Å². The fraction of sp³-hybridized carbons (Fsp3) is 0.625. The molecule has 1 aromatic carbocycles. The Balaban J connectivity index is 0.00000400.